The van der Waals surface area contributed by atoms with Gasteiger partial charge in [0, 0.05) is 17.0 Å². The smallest absolute Gasteiger partial charge is 0.248 e. The van der Waals surface area contributed by atoms with Gasteiger partial charge in [-0.25, -0.2) is 0 Å². The molecule has 0 fully saturated rings. The second-order valence-corrected chi connectivity index (χ2v) is 4.73. The Kier molecular flexibility index (Phi) is 2.00. The number of aromatic amines is 1. The topological polar surface area (TPSA) is 32.9 Å². The molecule has 4 rings (SSSR count). The summed E-state index contributed by atoms with van der Waals surface area (Å²) in [5, 5.41) is 5.96. The van der Waals surface area contributed by atoms with Gasteiger partial charge < -0.3 is 4.98 Å². The van der Waals surface area contributed by atoms with Gasteiger partial charge in [0.05, 0.1) is 0 Å². The molecule has 3 aromatic carbocycles. The molecule has 0 aliphatic heterocycles. The largest absolute Gasteiger partial charge is 0.322 e. The van der Waals surface area contributed by atoms with Gasteiger partial charge in [-0.2, -0.15) is 0 Å². The van der Waals surface area contributed by atoms with Crippen LogP contribution in [-0.4, -0.2) is 4.98 Å². The van der Waals surface area contributed by atoms with Crippen molar-refractivity contribution in [2.45, 2.75) is 0 Å². The summed E-state index contributed by atoms with van der Waals surface area (Å²) in [4.78, 5) is 14.3. The van der Waals surface area contributed by atoms with Crippen LogP contribution in [0.5, 0.6) is 0 Å². The third-order valence-electron chi connectivity index (χ3n) is 3.63. The summed E-state index contributed by atoms with van der Waals surface area (Å²) in [6.45, 7) is 0. The number of aromatic nitrogens is 1. The molecular weight excluding hydrogens is 234 g/mol. The van der Waals surface area contributed by atoms with Crippen molar-refractivity contribution in [1.82, 2.24) is 4.98 Å². The van der Waals surface area contributed by atoms with E-state index in [2.05, 4.69) is 41.4 Å². The fourth-order valence-corrected chi connectivity index (χ4v) is 2.73. The molecule has 0 saturated heterocycles. The maximum atomic E-state index is 11.4. The first-order chi connectivity index (χ1) is 9.33. The molecule has 4 aromatic rings. The van der Waals surface area contributed by atoms with E-state index in [1.165, 1.54) is 21.5 Å². The van der Waals surface area contributed by atoms with Crippen LogP contribution in [0.4, 0.5) is 0 Å². The molecule has 2 heteroatoms. The zero-order valence-corrected chi connectivity index (χ0v) is 10.2. The normalized spacial score (nSPS) is 11.4. The van der Waals surface area contributed by atoms with E-state index in [0.29, 0.717) is 0 Å². The monoisotopic (exact) mass is 245 g/mol. The summed E-state index contributed by atoms with van der Waals surface area (Å²) in [7, 11) is 0. The van der Waals surface area contributed by atoms with Gasteiger partial charge in [-0.3, -0.25) is 4.79 Å². The van der Waals surface area contributed by atoms with Crippen molar-refractivity contribution in [2.24, 2.45) is 0 Å². The van der Waals surface area contributed by atoms with Gasteiger partial charge in [-0.15, -0.1) is 0 Å². The van der Waals surface area contributed by atoms with Crippen molar-refractivity contribution in [3.05, 3.63) is 71.0 Å². The van der Waals surface area contributed by atoms with Gasteiger partial charge in [-0.1, -0.05) is 42.5 Å². The standard InChI is InChI=1S/C17H11NO/c19-17-10-8-15-14-6-5-11-3-1-2-4-12(11)13(14)7-9-16(15)18-17/h1-10H,(H,18,19). The summed E-state index contributed by atoms with van der Waals surface area (Å²) < 4.78 is 0. The first-order valence-electron chi connectivity index (χ1n) is 6.26. The third-order valence-corrected chi connectivity index (χ3v) is 3.63. The highest BCUT2D eigenvalue weighted by atomic mass is 16.1. The van der Waals surface area contributed by atoms with Crippen molar-refractivity contribution >= 4 is 32.4 Å². The molecule has 0 unspecified atom stereocenters. The SMILES string of the molecule is O=c1ccc2c(ccc3c4ccccc4ccc23)[nH]1. The van der Waals surface area contributed by atoms with E-state index >= 15 is 0 Å². The van der Waals surface area contributed by atoms with E-state index in [9.17, 15) is 4.79 Å². The highest BCUT2D eigenvalue weighted by Gasteiger charge is 2.04. The maximum Gasteiger partial charge on any atom is 0.248 e. The fraction of sp³-hybridized carbons (Fsp3) is 0. The first-order valence-corrected chi connectivity index (χ1v) is 6.26. The molecule has 0 radical (unpaired) electrons. The molecule has 0 atom stereocenters. The lowest BCUT2D eigenvalue weighted by Crippen LogP contribution is -2.02. The average molecular weight is 245 g/mol. The van der Waals surface area contributed by atoms with Crippen LogP contribution in [0.3, 0.4) is 0 Å². The van der Waals surface area contributed by atoms with Crippen LogP contribution in [-0.2, 0) is 0 Å². The van der Waals surface area contributed by atoms with Crippen LogP contribution >= 0.6 is 0 Å². The number of rotatable bonds is 0. The molecule has 19 heavy (non-hydrogen) atoms. The first kappa shape index (κ1) is 10.3. The van der Waals surface area contributed by atoms with Gasteiger partial charge in [0.15, 0.2) is 0 Å². The van der Waals surface area contributed by atoms with Gasteiger partial charge in [-0.05, 0) is 33.7 Å². The lowest BCUT2D eigenvalue weighted by Gasteiger charge is -2.06. The second-order valence-electron chi connectivity index (χ2n) is 4.73. The minimum atomic E-state index is -0.0624. The minimum Gasteiger partial charge on any atom is -0.322 e. The van der Waals surface area contributed by atoms with E-state index < -0.39 is 0 Å². The Balaban J connectivity index is 2.29. The van der Waals surface area contributed by atoms with Crippen LogP contribution in [0, 0.1) is 0 Å². The summed E-state index contributed by atoms with van der Waals surface area (Å²) in [6.07, 6.45) is 0. The number of pyridine rings is 1. The molecule has 0 aliphatic carbocycles. The van der Waals surface area contributed by atoms with Crippen molar-refractivity contribution in [1.29, 1.82) is 0 Å². The molecule has 2 nitrogen and oxygen atoms in total. The Morgan fingerprint density at radius 1 is 0.632 bits per heavy atom. The fourth-order valence-electron chi connectivity index (χ4n) is 2.73. The summed E-state index contributed by atoms with van der Waals surface area (Å²) >= 11 is 0. The zero-order valence-electron chi connectivity index (χ0n) is 10.2. The molecule has 0 bridgehead atoms. The molecule has 0 saturated carbocycles. The van der Waals surface area contributed by atoms with Gasteiger partial charge in [0.2, 0.25) is 5.56 Å². The van der Waals surface area contributed by atoms with Crippen LogP contribution in [0.2, 0.25) is 0 Å². The average Bonchev–Trinajstić information content (AvgIpc) is 2.46. The lowest BCUT2D eigenvalue weighted by atomic mass is 9.99. The Morgan fingerprint density at radius 2 is 1.37 bits per heavy atom. The zero-order chi connectivity index (χ0) is 12.8. The number of hydrogen-bond donors (Lipinski definition) is 1. The predicted octanol–water partition coefficient (Wildman–Crippen LogP) is 3.83. The molecular formula is C17H11NO. The molecule has 0 amide bonds. The lowest BCUT2D eigenvalue weighted by molar-refractivity contribution is 1.31. The van der Waals surface area contributed by atoms with E-state index in [0.717, 1.165) is 10.9 Å². The van der Waals surface area contributed by atoms with Crippen LogP contribution in [0.25, 0.3) is 32.4 Å². The number of hydrogen-bond acceptors (Lipinski definition) is 1. The van der Waals surface area contributed by atoms with Crippen LogP contribution in [0.1, 0.15) is 0 Å². The van der Waals surface area contributed by atoms with Crippen molar-refractivity contribution in [3.63, 3.8) is 0 Å². The van der Waals surface area contributed by atoms with E-state index in [1.807, 2.05) is 18.2 Å². The molecule has 90 valence electrons. The molecule has 1 N–H and O–H groups in total. The number of benzene rings is 3. The molecule has 1 heterocycles. The van der Waals surface area contributed by atoms with Gasteiger partial charge >= 0.3 is 0 Å². The highest BCUT2D eigenvalue weighted by Crippen LogP contribution is 2.29. The quantitative estimate of drug-likeness (QED) is 0.469. The summed E-state index contributed by atoms with van der Waals surface area (Å²) in [5.41, 5.74) is 0.822. The second kappa shape index (κ2) is 3.69. The Hall–Kier alpha value is -2.61. The van der Waals surface area contributed by atoms with Crippen molar-refractivity contribution < 1.29 is 0 Å². The molecule has 0 aliphatic rings. The van der Waals surface area contributed by atoms with Gasteiger partial charge in [0.25, 0.3) is 0 Å². The Morgan fingerprint density at radius 3 is 2.32 bits per heavy atom. The number of H-pyrrole nitrogens is 1. The Labute approximate surface area is 109 Å². The number of fused-ring (bicyclic) bond motifs is 5. The van der Waals surface area contributed by atoms with Crippen LogP contribution < -0.4 is 5.56 Å². The maximum absolute atomic E-state index is 11.4. The van der Waals surface area contributed by atoms with E-state index in [-0.39, 0.29) is 5.56 Å². The third kappa shape index (κ3) is 1.47. The van der Waals surface area contributed by atoms with Crippen molar-refractivity contribution in [3.8, 4) is 0 Å². The summed E-state index contributed by atoms with van der Waals surface area (Å²) in [6, 6.07) is 20.1. The van der Waals surface area contributed by atoms with Gasteiger partial charge in [0.1, 0.15) is 0 Å². The van der Waals surface area contributed by atoms with Crippen LogP contribution in [0.15, 0.2) is 65.5 Å². The van der Waals surface area contributed by atoms with Crippen molar-refractivity contribution in [2.75, 3.05) is 0 Å². The predicted molar refractivity (Wildman–Crippen MR) is 79.6 cm³/mol. The molecule has 1 aromatic heterocycles. The number of nitrogens with one attached hydrogen (secondary N) is 1. The van der Waals surface area contributed by atoms with E-state index in [4.69, 9.17) is 0 Å². The highest BCUT2D eigenvalue weighted by molar-refractivity contribution is 6.16. The van der Waals surface area contributed by atoms with E-state index in [1.54, 1.807) is 6.07 Å². The molecule has 0 spiro atoms. The Bertz CT molecular complexity index is 982. The minimum absolute atomic E-state index is 0.0624. The summed E-state index contributed by atoms with van der Waals surface area (Å²) in [5.74, 6) is 0.